The van der Waals surface area contributed by atoms with Crippen LogP contribution in [-0.4, -0.2) is 34.1 Å². The van der Waals surface area contributed by atoms with Gasteiger partial charge in [-0.2, -0.15) is 5.10 Å². The molecule has 92 valence electrons. The van der Waals surface area contributed by atoms with Crippen molar-refractivity contribution in [2.24, 2.45) is 5.41 Å². The molecule has 2 heterocycles. The van der Waals surface area contributed by atoms with Gasteiger partial charge in [0.2, 0.25) is 0 Å². The quantitative estimate of drug-likeness (QED) is 0.756. The first kappa shape index (κ1) is 11.9. The second kappa shape index (κ2) is 4.35. The third-order valence-electron chi connectivity index (χ3n) is 3.20. The number of nitrogens with one attached hydrogen (secondary N) is 1. The SMILES string of the molecule is CC(C)(C)C1=CCN(C(=O)c2cn[nH]c2)CC1. The molecule has 1 aromatic rings. The molecule has 4 nitrogen and oxygen atoms in total. The van der Waals surface area contributed by atoms with Crippen LogP contribution in [0.3, 0.4) is 0 Å². The molecule has 0 saturated carbocycles. The number of rotatable bonds is 1. The van der Waals surface area contributed by atoms with Crippen molar-refractivity contribution in [1.29, 1.82) is 0 Å². The van der Waals surface area contributed by atoms with Gasteiger partial charge in [-0.05, 0) is 11.8 Å². The van der Waals surface area contributed by atoms with Crippen LogP contribution in [-0.2, 0) is 0 Å². The van der Waals surface area contributed by atoms with Crippen LogP contribution in [0.4, 0.5) is 0 Å². The minimum atomic E-state index is 0.0583. The first-order valence-corrected chi connectivity index (χ1v) is 5.96. The number of hydrogen-bond acceptors (Lipinski definition) is 2. The van der Waals surface area contributed by atoms with Crippen LogP contribution in [0.1, 0.15) is 37.6 Å². The van der Waals surface area contributed by atoms with E-state index < -0.39 is 0 Å². The molecule has 0 aromatic carbocycles. The van der Waals surface area contributed by atoms with Gasteiger partial charge in [-0.15, -0.1) is 0 Å². The molecule has 0 radical (unpaired) electrons. The van der Waals surface area contributed by atoms with Crippen molar-refractivity contribution in [3.8, 4) is 0 Å². The summed E-state index contributed by atoms with van der Waals surface area (Å²) in [5, 5.41) is 6.47. The lowest BCUT2D eigenvalue weighted by Gasteiger charge is -2.32. The number of carbonyl (C=O) groups is 1. The van der Waals surface area contributed by atoms with Gasteiger partial charge in [0, 0.05) is 19.3 Å². The van der Waals surface area contributed by atoms with Crippen molar-refractivity contribution in [2.75, 3.05) is 13.1 Å². The summed E-state index contributed by atoms with van der Waals surface area (Å²) in [6.07, 6.45) is 6.37. The summed E-state index contributed by atoms with van der Waals surface area (Å²) in [5.41, 5.74) is 2.29. The fourth-order valence-corrected chi connectivity index (χ4v) is 2.09. The van der Waals surface area contributed by atoms with Crippen molar-refractivity contribution in [3.05, 3.63) is 29.6 Å². The van der Waals surface area contributed by atoms with E-state index in [1.807, 2.05) is 4.90 Å². The molecule has 1 aliphatic heterocycles. The molecule has 0 fully saturated rings. The van der Waals surface area contributed by atoms with Crippen LogP contribution < -0.4 is 0 Å². The van der Waals surface area contributed by atoms with Gasteiger partial charge in [0.25, 0.3) is 5.91 Å². The van der Waals surface area contributed by atoms with Gasteiger partial charge in [-0.1, -0.05) is 32.4 Å². The Morgan fingerprint density at radius 2 is 2.24 bits per heavy atom. The standard InChI is InChI=1S/C13H19N3O/c1-13(2,3)11-4-6-16(7-5-11)12(17)10-8-14-15-9-10/h4,8-9H,5-7H2,1-3H3,(H,14,15). The van der Waals surface area contributed by atoms with E-state index in [0.717, 1.165) is 13.0 Å². The van der Waals surface area contributed by atoms with E-state index in [-0.39, 0.29) is 11.3 Å². The van der Waals surface area contributed by atoms with E-state index in [1.165, 1.54) is 5.57 Å². The van der Waals surface area contributed by atoms with E-state index >= 15 is 0 Å². The number of nitrogens with zero attached hydrogens (tertiary/aromatic N) is 2. The molecule has 17 heavy (non-hydrogen) atoms. The zero-order valence-electron chi connectivity index (χ0n) is 10.7. The van der Waals surface area contributed by atoms with Gasteiger partial charge in [0.1, 0.15) is 0 Å². The summed E-state index contributed by atoms with van der Waals surface area (Å²) in [7, 11) is 0. The number of H-pyrrole nitrogens is 1. The lowest BCUT2D eigenvalue weighted by molar-refractivity contribution is 0.0765. The van der Waals surface area contributed by atoms with E-state index in [9.17, 15) is 4.79 Å². The largest absolute Gasteiger partial charge is 0.334 e. The predicted octanol–water partition coefficient (Wildman–Crippen LogP) is 2.23. The Morgan fingerprint density at radius 3 is 2.71 bits per heavy atom. The Kier molecular flexibility index (Phi) is 3.05. The molecule has 0 atom stereocenters. The van der Waals surface area contributed by atoms with E-state index in [1.54, 1.807) is 12.4 Å². The van der Waals surface area contributed by atoms with Gasteiger partial charge in [0.05, 0.1) is 11.8 Å². The zero-order chi connectivity index (χ0) is 12.5. The number of amides is 1. The third-order valence-corrected chi connectivity index (χ3v) is 3.20. The van der Waals surface area contributed by atoms with Crippen molar-refractivity contribution >= 4 is 5.91 Å². The lowest BCUT2D eigenvalue weighted by Crippen LogP contribution is -2.36. The number of hydrogen-bond donors (Lipinski definition) is 1. The second-order valence-electron chi connectivity index (χ2n) is 5.47. The second-order valence-corrected chi connectivity index (χ2v) is 5.47. The normalized spacial score (nSPS) is 16.9. The molecule has 1 N–H and O–H groups in total. The van der Waals surface area contributed by atoms with Gasteiger partial charge in [-0.3, -0.25) is 9.89 Å². The summed E-state index contributed by atoms with van der Waals surface area (Å²) < 4.78 is 0. The van der Waals surface area contributed by atoms with Crippen LogP contribution in [0.25, 0.3) is 0 Å². The first-order chi connectivity index (χ1) is 7.98. The van der Waals surface area contributed by atoms with Crippen molar-refractivity contribution in [3.63, 3.8) is 0 Å². The predicted molar refractivity (Wildman–Crippen MR) is 66.6 cm³/mol. The highest BCUT2D eigenvalue weighted by Gasteiger charge is 2.24. The highest BCUT2D eigenvalue weighted by Crippen LogP contribution is 2.30. The number of carbonyl (C=O) groups excluding carboxylic acids is 1. The van der Waals surface area contributed by atoms with Crippen molar-refractivity contribution in [1.82, 2.24) is 15.1 Å². The molecule has 0 spiro atoms. The minimum absolute atomic E-state index is 0.0583. The summed E-state index contributed by atoms with van der Waals surface area (Å²) in [6.45, 7) is 8.15. The average molecular weight is 233 g/mol. The Morgan fingerprint density at radius 1 is 1.47 bits per heavy atom. The summed E-state index contributed by atoms with van der Waals surface area (Å²) in [4.78, 5) is 13.9. The molecule has 4 heteroatoms. The number of aromatic nitrogens is 2. The van der Waals surface area contributed by atoms with Crippen LogP contribution in [0, 0.1) is 5.41 Å². The van der Waals surface area contributed by atoms with Crippen LogP contribution in [0.5, 0.6) is 0 Å². The fourth-order valence-electron chi connectivity index (χ4n) is 2.09. The topological polar surface area (TPSA) is 49.0 Å². The molecular weight excluding hydrogens is 214 g/mol. The molecule has 0 aliphatic carbocycles. The van der Waals surface area contributed by atoms with E-state index in [4.69, 9.17) is 0 Å². The lowest BCUT2D eigenvalue weighted by atomic mass is 9.83. The molecular formula is C13H19N3O. The molecule has 0 bridgehead atoms. The Balaban J connectivity index is 2.05. The van der Waals surface area contributed by atoms with E-state index in [0.29, 0.717) is 12.1 Å². The molecule has 2 rings (SSSR count). The highest BCUT2D eigenvalue weighted by atomic mass is 16.2. The Hall–Kier alpha value is -1.58. The zero-order valence-corrected chi connectivity index (χ0v) is 10.7. The van der Waals surface area contributed by atoms with Gasteiger partial charge < -0.3 is 4.90 Å². The molecule has 1 aromatic heterocycles. The van der Waals surface area contributed by atoms with Crippen molar-refractivity contribution < 1.29 is 4.79 Å². The molecule has 1 amide bonds. The summed E-state index contributed by atoms with van der Waals surface area (Å²) in [6, 6.07) is 0. The molecule has 0 saturated heterocycles. The van der Waals surface area contributed by atoms with Gasteiger partial charge in [-0.25, -0.2) is 0 Å². The van der Waals surface area contributed by atoms with Crippen LogP contribution >= 0.6 is 0 Å². The number of aromatic amines is 1. The fraction of sp³-hybridized carbons (Fsp3) is 0.538. The van der Waals surface area contributed by atoms with Gasteiger partial charge in [0.15, 0.2) is 0 Å². The first-order valence-electron chi connectivity index (χ1n) is 5.96. The third kappa shape index (κ3) is 2.57. The van der Waals surface area contributed by atoms with E-state index in [2.05, 4.69) is 37.0 Å². The smallest absolute Gasteiger partial charge is 0.257 e. The monoisotopic (exact) mass is 233 g/mol. The summed E-state index contributed by atoms with van der Waals surface area (Å²) in [5.74, 6) is 0.0583. The van der Waals surface area contributed by atoms with Gasteiger partial charge >= 0.3 is 0 Å². The summed E-state index contributed by atoms with van der Waals surface area (Å²) >= 11 is 0. The maximum Gasteiger partial charge on any atom is 0.257 e. The molecule has 0 unspecified atom stereocenters. The average Bonchev–Trinajstić information content (AvgIpc) is 2.80. The van der Waals surface area contributed by atoms with Crippen LogP contribution in [0.2, 0.25) is 0 Å². The highest BCUT2D eigenvalue weighted by molar-refractivity contribution is 5.93. The Labute approximate surface area is 102 Å². The Bertz CT molecular complexity index is 426. The molecule has 1 aliphatic rings. The minimum Gasteiger partial charge on any atom is -0.334 e. The van der Waals surface area contributed by atoms with Crippen molar-refractivity contribution in [2.45, 2.75) is 27.2 Å². The maximum absolute atomic E-state index is 12.1. The van der Waals surface area contributed by atoms with Crippen LogP contribution in [0.15, 0.2) is 24.0 Å². The maximum atomic E-state index is 12.1.